The predicted molar refractivity (Wildman–Crippen MR) is 155 cm³/mol. The second-order valence-electron chi connectivity index (χ2n) is 9.54. The van der Waals surface area contributed by atoms with Crippen molar-refractivity contribution in [1.29, 1.82) is 0 Å². The third-order valence-electron chi connectivity index (χ3n) is 6.90. The van der Waals surface area contributed by atoms with Crippen LogP contribution in [0.3, 0.4) is 0 Å². The molecule has 0 atom stereocenters. The van der Waals surface area contributed by atoms with Gasteiger partial charge in [-0.25, -0.2) is 8.42 Å². The average molecular weight is 625 g/mol. The Morgan fingerprint density at radius 2 is 1.73 bits per heavy atom. The van der Waals surface area contributed by atoms with Gasteiger partial charge in [-0.1, -0.05) is 29.3 Å². The van der Waals surface area contributed by atoms with Crippen LogP contribution < -0.4 is 20.0 Å². The second kappa shape index (κ2) is 13.7. The summed E-state index contributed by atoms with van der Waals surface area (Å²) in [6, 6.07) is 15.5. The van der Waals surface area contributed by atoms with Crippen LogP contribution in [0.25, 0.3) is 0 Å². The fraction of sp³-hybridized carbons (Fsp3) is 0.321. The third kappa shape index (κ3) is 7.82. The highest BCUT2D eigenvalue weighted by atomic mass is 35.5. The number of hydrogen-bond donors (Lipinski definition) is 3. The van der Waals surface area contributed by atoms with Gasteiger partial charge in [0.25, 0.3) is 5.91 Å². The lowest BCUT2D eigenvalue weighted by molar-refractivity contribution is 0.0291. The van der Waals surface area contributed by atoms with Gasteiger partial charge < -0.3 is 14.8 Å². The highest BCUT2D eigenvalue weighted by molar-refractivity contribution is 7.89. The van der Waals surface area contributed by atoms with Crippen molar-refractivity contribution in [3.63, 3.8) is 0 Å². The topological polar surface area (TPSA) is 129 Å². The smallest absolute Gasteiger partial charge is 0.251 e. The van der Waals surface area contributed by atoms with Gasteiger partial charge in [0.2, 0.25) is 10.0 Å². The number of sulfonamides is 1. The van der Waals surface area contributed by atoms with Crippen molar-refractivity contribution in [1.82, 2.24) is 9.62 Å². The lowest BCUT2D eigenvalue weighted by atomic mass is 9.98. The number of piperidine rings is 1. The van der Waals surface area contributed by atoms with Crippen molar-refractivity contribution in [2.75, 3.05) is 38.6 Å². The fourth-order valence-corrected chi connectivity index (χ4v) is 6.49. The molecule has 1 aliphatic rings. The van der Waals surface area contributed by atoms with Crippen LogP contribution in [0.2, 0.25) is 10.0 Å². The molecular formula is C28H31Cl2N3O7S. The maximum Gasteiger partial charge on any atom is 0.251 e. The van der Waals surface area contributed by atoms with Crippen molar-refractivity contribution >= 4 is 44.8 Å². The Balaban J connectivity index is 1.29. The molecule has 0 radical (unpaired) electrons. The summed E-state index contributed by atoms with van der Waals surface area (Å²) in [5.41, 5.74) is 1.36. The lowest BCUT2D eigenvalue weighted by Gasteiger charge is -2.31. The molecule has 3 aromatic carbocycles. The van der Waals surface area contributed by atoms with E-state index in [0.29, 0.717) is 72.6 Å². The first-order valence-corrected chi connectivity index (χ1v) is 15.1. The van der Waals surface area contributed by atoms with Crippen LogP contribution in [0.4, 0.5) is 5.69 Å². The average Bonchev–Trinajstić information content (AvgIpc) is 2.97. The summed E-state index contributed by atoms with van der Waals surface area (Å²) in [6.45, 7) is 1.35. The van der Waals surface area contributed by atoms with Gasteiger partial charge in [-0.05, 0) is 78.9 Å². The number of amides is 1. The first-order chi connectivity index (χ1) is 19.6. The zero-order valence-electron chi connectivity index (χ0n) is 22.3. The molecule has 13 heteroatoms. The monoisotopic (exact) mass is 623 g/mol. The number of carbonyl (C=O) groups is 1. The zero-order valence-corrected chi connectivity index (χ0v) is 24.6. The molecule has 41 heavy (non-hydrogen) atoms. The molecule has 1 heterocycles. The van der Waals surface area contributed by atoms with Gasteiger partial charge in [0, 0.05) is 41.7 Å². The fourth-order valence-electron chi connectivity index (χ4n) is 4.52. The molecule has 1 amide bonds. The van der Waals surface area contributed by atoms with Crippen molar-refractivity contribution in [2.45, 2.75) is 24.2 Å². The summed E-state index contributed by atoms with van der Waals surface area (Å²) < 4.78 is 38.7. The largest absolute Gasteiger partial charge is 0.493 e. The Labute approximate surface area is 249 Å². The highest BCUT2D eigenvalue weighted by Crippen LogP contribution is 2.29. The molecule has 3 N–H and O–H groups in total. The van der Waals surface area contributed by atoms with E-state index in [1.165, 1.54) is 35.7 Å². The number of rotatable bonds is 11. The quantitative estimate of drug-likeness (QED) is 0.253. The van der Waals surface area contributed by atoms with Crippen LogP contribution in [-0.2, 0) is 16.4 Å². The minimum atomic E-state index is -3.72. The van der Waals surface area contributed by atoms with Gasteiger partial charge in [-0.2, -0.15) is 4.31 Å². The van der Waals surface area contributed by atoms with Crippen LogP contribution in [-0.4, -0.2) is 62.4 Å². The Hall–Kier alpha value is -3.06. The minimum absolute atomic E-state index is 0.0526. The summed E-state index contributed by atoms with van der Waals surface area (Å²) in [7, 11) is -2.19. The van der Waals surface area contributed by atoms with Gasteiger partial charge in [0.1, 0.15) is 0 Å². The molecule has 0 unspecified atom stereocenters. The molecule has 4 rings (SSSR count). The first-order valence-electron chi connectivity index (χ1n) is 12.9. The standard InChI is InChI=1S/C28H31Cl2N3O7S/c1-39-26-9-3-21(16-27(26)40-15-12-20-2-4-22(29)17-25(20)30)28(34)31-18-19-10-13-32(14-11-19)41(37,38)24-7-5-23(6-8-24)33(35)36/h2-9,16-17,19,35-36H,10-15,18H2,1H3,(H,31,34). The summed E-state index contributed by atoms with van der Waals surface area (Å²) in [5, 5.41) is 22.1. The molecule has 1 aliphatic heterocycles. The van der Waals surface area contributed by atoms with E-state index in [9.17, 15) is 13.2 Å². The van der Waals surface area contributed by atoms with E-state index in [1.807, 2.05) is 6.07 Å². The number of nitrogens with zero attached hydrogens (tertiary/aromatic N) is 2. The van der Waals surface area contributed by atoms with Crippen LogP contribution in [0.5, 0.6) is 11.5 Å². The highest BCUT2D eigenvalue weighted by Gasteiger charge is 2.29. The number of halogens is 2. The summed E-state index contributed by atoms with van der Waals surface area (Å²) in [4.78, 5) is 13.0. The van der Waals surface area contributed by atoms with Gasteiger partial charge in [-0.3, -0.25) is 15.2 Å². The molecule has 1 saturated heterocycles. The number of hydrogen-bond acceptors (Lipinski definition) is 8. The Morgan fingerprint density at radius 3 is 2.37 bits per heavy atom. The van der Waals surface area contributed by atoms with Crippen molar-refractivity contribution in [2.24, 2.45) is 5.92 Å². The molecule has 0 bridgehead atoms. The Morgan fingerprint density at radius 1 is 1.02 bits per heavy atom. The molecule has 0 aromatic heterocycles. The minimum Gasteiger partial charge on any atom is -0.493 e. The van der Waals surface area contributed by atoms with E-state index >= 15 is 0 Å². The lowest BCUT2D eigenvalue weighted by Crippen LogP contribution is -2.41. The van der Waals surface area contributed by atoms with Crippen LogP contribution in [0.15, 0.2) is 65.6 Å². The summed E-state index contributed by atoms with van der Waals surface area (Å²) in [5.74, 6) is 0.776. The number of benzene rings is 3. The van der Waals surface area contributed by atoms with Gasteiger partial charge in [0.15, 0.2) is 11.5 Å². The maximum atomic E-state index is 13.0. The maximum absolute atomic E-state index is 13.0. The molecule has 1 fully saturated rings. The van der Waals surface area contributed by atoms with Crippen molar-refractivity contribution < 1.29 is 33.1 Å². The molecular weight excluding hydrogens is 593 g/mol. The van der Waals surface area contributed by atoms with E-state index in [2.05, 4.69) is 5.32 Å². The van der Waals surface area contributed by atoms with Crippen molar-refractivity contribution in [3.8, 4) is 11.5 Å². The predicted octanol–water partition coefficient (Wildman–Crippen LogP) is 5.04. The molecule has 0 saturated carbocycles. The molecule has 0 aliphatic carbocycles. The van der Waals surface area contributed by atoms with Gasteiger partial charge >= 0.3 is 0 Å². The number of methoxy groups -OCH3 is 1. The number of carbonyl (C=O) groups excluding carboxylic acids is 1. The number of anilines is 1. The van der Waals surface area contributed by atoms with Gasteiger partial charge in [-0.15, -0.1) is 5.23 Å². The zero-order chi connectivity index (χ0) is 29.6. The van der Waals surface area contributed by atoms with E-state index in [4.69, 9.17) is 43.1 Å². The van der Waals surface area contributed by atoms with E-state index in [0.717, 1.165) is 5.56 Å². The van der Waals surface area contributed by atoms with Crippen molar-refractivity contribution in [3.05, 3.63) is 81.8 Å². The second-order valence-corrected chi connectivity index (χ2v) is 12.3. The summed E-state index contributed by atoms with van der Waals surface area (Å²) >= 11 is 12.2. The molecule has 220 valence electrons. The van der Waals surface area contributed by atoms with E-state index in [1.54, 1.807) is 30.3 Å². The normalized spacial score (nSPS) is 14.5. The molecule has 3 aromatic rings. The Kier molecular flexibility index (Phi) is 10.3. The van der Waals surface area contributed by atoms with E-state index < -0.39 is 10.0 Å². The SMILES string of the molecule is COc1ccc(C(=O)NCC2CCN(S(=O)(=O)c3ccc(N(O)O)cc3)CC2)cc1OCCc1ccc(Cl)cc1Cl. The summed E-state index contributed by atoms with van der Waals surface area (Å²) in [6.07, 6.45) is 1.71. The third-order valence-corrected chi connectivity index (χ3v) is 9.40. The first kappa shape index (κ1) is 30.9. The van der Waals surface area contributed by atoms with Crippen LogP contribution in [0.1, 0.15) is 28.8 Å². The molecule has 0 spiro atoms. The number of nitrogens with one attached hydrogen (secondary N) is 1. The van der Waals surface area contributed by atoms with Crippen LogP contribution >= 0.6 is 23.2 Å². The Bertz CT molecular complexity index is 1460. The van der Waals surface area contributed by atoms with Crippen LogP contribution in [0, 0.1) is 5.92 Å². The van der Waals surface area contributed by atoms with E-state index in [-0.39, 0.29) is 27.6 Å². The van der Waals surface area contributed by atoms with Gasteiger partial charge in [0.05, 0.1) is 24.3 Å². The number of ether oxygens (including phenoxy) is 2. The molecule has 10 nitrogen and oxygen atoms in total.